The van der Waals surface area contributed by atoms with Crippen molar-refractivity contribution < 1.29 is 18.8 Å². The lowest BCUT2D eigenvalue weighted by Crippen LogP contribution is -2.32. The van der Waals surface area contributed by atoms with Gasteiger partial charge in [-0.2, -0.15) is 4.98 Å². The Balaban J connectivity index is 1.45. The maximum Gasteiger partial charge on any atom is 0.229 e. The molecule has 1 saturated carbocycles. The highest BCUT2D eigenvalue weighted by Gasteiger charge is 2.36. The summed E-state index contributed by atoms with van der Waals surface area (Å²) in [4.78, 5) is 16.2. The number of aliphatic hydroxyl groups excluding tert-OH is 1. The maximum atomic E-state index is 13.5. The Kier molecular flexibility index (Phi) is 5.78. The van der Waals surface area contributed by atoms with Crippen LogP contribution in [-0.2, 0) is 4.79 Å². The lowest BCUT2D eigenvalue weighted by Gasteiger charge is -2.14. The van der Waals surface area contributed by atoms with Gasteiger partial charge in [-0.1, -0.05) is 35.5 Å². The maximum absolute atomic E-state index is 13.5. The molecule has 3 atom stereocenters. The number of amides is 1. The number of hydrogen-bond donors (Lipinski definition) is 2. The van der Waals surface area contributed by atoms with Crippen LogP contribution in [0.2, 0.25) is 0 Å². The van der Waals surface area contributed by atoms with E-state index >= 15 is 0 Å². The van der Waals surface area contributed by atoms with Crippen molar-refractivity contribution in [2.24, 2.45) is 5.92 Å². The molecule has 0 spiro atoms. The summed E-state index contributed by atoms with van der Waals surface area (Å²) in [6, 6.07) is 6.39. The number of carbonyl (C=O) groups excluding carboxylic acids is 1. The van der Waals surface area contributed by atoms with Gasteiger partial charge in [0.15, 0.2) is 5.82 Å². The molecule has 2 N–H and O–H groups in total. The van der Waals surface area contributed by atoms with Crippen LogP contribution in [0, 0.1) is 18.7 Å². The number of aliphatic hydroxyl groups is 1. The molecule has 3 rings (SSSR count). The van der Waals surface area contributed by atoms with Gasteiger partial charge in [0.2, 0.25) is 11.8 Å². The minimum atomic E-state index is -0.513. The van der Waals surface area contributed by atoms with E-state index in [1.165, 1.54) is 6.07 Å². The predicted molar refractivity (Wildman–Crippen MR) is 93.6 cm³/mol. The zero-order valence-corrected chi connectivity index (χ0v) is 14.6. The van der Waals surface area contributed by atoms with Crippen molar-refractivity contribution >= 4 is 12.0 Å². The Morgan fingerprint density at radius 2 is 2.23 bits per heavy atom. The molecule has 1 heterocycles. The average molecular weight is 359 g/mol. The van der Waals surface area contributed by atoms with E-state index in [1.54, 1.807) is 37.3 Å². The molecule has 26 heavy (non-hydrogen) atoms. The van der Waals surface area contributed by atoms with E-state index in [0.717, 1.165) is 0 Å². The number of nitrogens with zero attached hydrogens (tertiary/aromatic N) is 2. The first kappa shape index (κ1) is 18.3. The number of benzene rings is 1. The fourth-order valence-corrected chi connectivity index (χ4v) is 3.22. The molecule has 1 amide bonds. The summed E-state index contributed by atoms with van der Waals surface area (Å²) in [5.74, 6) is 0.610. The molecule has 0 radical (unpaired) electrons. The molecule has 0 bridgehead atoms. The summed E-state index contributed by atoms with van der Waals surface area (Å²) < 4.78 is 18.7. The van der Waals surface area contributed by atoms with Gasteiger partial charge in [-0.25, -0.2) is 4.39 Å². The highest BCUT2D eigenvalue weighted by molar-refractivity contribution is 5.78. The number of halogens is 1. The molecule has 138 valence electrons. The van der Waals surface area contributed by atoms with Gasteiger partial charge in [0.25, 0.3) is 0 Å². The van der Waals surface area contributed by atoms with Gasteiger partial charge in [0, 0.05) is 30.4 Å². The lowest BCUT2D eigenvalue weighted by molar-refractivity contribution is -0.120. The second kappa shape index (κ2) is 8.23. The fraction of sp³-hybridized carbons (Fsp3) is 0.421. The molecule has 1 aromatic carbocycles. The Labute approximate surface area is 151 Å². The minimum Gasteiger partial charge on any atom is -0.393 e. The van der Waals surface area contributed by atoms with Gasteiger partial charge in [0.1, 0.15) is 5.82 Å². The van der Waals surface area contributed by atoms with Crippen LogP contribution in [0.5, 0.6) is 0 Å². The SMILES string of the molecule is Cc1noc([C@H]2C[C@H](CNC(=O)C/C=C/c3ccccc3F)[C@H](O)C2)n1. The number of carbonyl (C=O) groups is 1. The molecular weight excluding hydrogens is 337 g/mol. The largest absolute Gasteiger partial charge is 0.393 e. The fourth-order valence-electron chi connectivity index (χ4n) is 3.22. The zero-order chi connectivity index (χ0) is 18.5. The third kappa shape index (κ3) is 4.54. The van der Waals surface area contributed by atoms with E-state index in [0.29, 0.717) is 36.7 Å². The summed E-state index contributed by atoms with van der Waals surface area (Å²) in [7, 11) is 0. The summed E-state index contributed by atoms with van der Waals surface area (Å²) in [6.45, 7) is 2.14. The van der Waals surface area contributed by atoms with Crippen LogP contribution >= 0.6 is 0 Å². The first-order valence-corrected chi connectivity index (χ1v) is 8.69. The molecule has 2 aromatic rings. The normalized spacial score (nSPS) is 22.8. The van der Waals surface area contributed by atoms with Gasteiger partial charge in [0.05, 0.1) is 6.10 Å². The minimum absolute atomic E-state index is 0.0223. The number of aromatic nitrogens is 2. The second-order valence-electron chi connectivity index (χ2n) is 6.61. The number of rotatable bonds is 6. The highest BCUT2D eigenvalue weighted by atomic mass is 19.1. The van der Waals surface area contributed by atoms with Gasteiger partial charge in [-0.3, -0.25) is 4.79 Å². The first-order chi connectivity index (χ1) is 12.5. The van der Waals surface area contributed by atoms with E-state index < -0.39 is 6.10 Å². The topological polar surface area (TPSA) is 88.2 Å². The van der Waals surface area contributed by atoms with Crippen LogP contribution in [0.1, 0.15) is 42.5 Å². The molecule has 1 fully saturated rings. The third-order valence-electron chi connectivity index (χ3n) is 4.62. The Hall–Kier alpha value is -2.54. The Morgan fingerprint density at radius 3 is 2.96 bits per heavy atom. The van der Waals surface area contributed by atoms with Crippen molar-refractivity contribution in [1.29, 1.82) is 0 Å². The Morgan fingerprint density at radius 1 is 1.42 bits per heavy atom. The molecule has 1 aromatic heterocycles. The zero-order valence-electron chi connectivity index (χ0n) is 14.6. The van der Waals surface area contributed by atoms with Crippen molar-refractivity contribution in [2.75, 3.05) is 6.54 Å². The van der Waals surface area contributed by atoms with Crippen molar-refractivity contribution in [1.82, 2.24) is 15.5 Å². The summed E-state index contributed by atoms with van der Waals surface area (Å²) in [5.41, 5.74) is 0.448. The molecule has 7 heteroatoms. The quantitative estimate of drug-likeness (QED) is 0.828. The molecule has 6 nitrogen and oxygen atoms in total. The van der Waals surface area contributed by atoms with E-state index in [2.05, 4.69) is 15.5 Å². The molecular formula is C19H22FN3O3. The summed E-state index contributed by atoms with van der Waals surface area (Å²) in [6.07, 6.45) is 4.10. The monoisotopic (exact) mass is 359 g/mol. The van der Waals surface area contributed by atoms with Crippen LogP contribution in [0.3, 0.4) is 0 Å². The van der Waals surface area contributed by atoms with Crippen molar-refractivity contribution in [2.45, 2.75) is 38.2 Å². The standard InChI is InChI=1S/C19H22FN3O3/c1-12-22-19(26-23-12)14-9-15(17(24)10-14)11-21-18(25)8-4-6-13-5-2-3-7-16(13)20/h2-7,14-15,17,24H,8-11H2,1H3,(H,21,25)/b6-4+/t14-,15+,17+/m0/s1. The van der Waals surface area contributed by atoms with Crippen LogP contribution in [0.25, 0.3) is 6.08 Å². The van der Waals surface area contributed by atoms with Gasteiger partial charge >= 0.3 is 0 Å². The van der Waals surface area contributed by atoms with Crippen LogP contribution in [0.4, 0.5) is 4.39 Å². The van der Waals surface area contributed by atoms with E-state index in [4.69, 9.17) is 4.52 Å². The first-order valence-electron chi connectivity index (χ1n) is 8.69. The molecule has 0 unspecified atom stereocenters. The number of hydrogen-bond acceptors (Lipinski definition) is 5. The van der Waals surface area contributed by atoms with Gasteiger partial charge < -0.3 is 14.9 Å². The molecule has 1 aliphatic rings. The van der Waals surface area contributed by atoms with E-state index in [-0.39, 0.29) is 30.0 Å². The second-order valence-corrected chi connectivity index (χ2v) is 6.61. The van der Waals surface area contributed by atoms with Crippen LogP contribution < -0.4 is 5.32 Å². The number of aryl methyl sites for hydroxylation is 1. The number of nitrogens with one attached hydrogen (secondary N) is 1. The third-order valence-corrected chi connectivity index (χ3v) is 4.62. The molecule has 1 aliphatic carbocycles. The van der Waals surface area contributed by atoms with E-state index in [1.807, 2.05) is 0 Å². The van der Waals surface area contributed by atoms with Gasteiger partial charge in [-0.05, 0) is 25.8 Å². The summed E-state index contributed by atoms with van der Waals surface area (Å²) in [5, 5.41) is 16.8. The van der Waals surface area contributed by atoms with Crippen LogP contribution in [0.15, 0.2) is 34.9 Å². The van der Waals surface area contributed by atoms with Crippen molar-refractivity contribution in [3.8, 4) is 0 Å². The lowest BCUT2D eigenvalue weighted by atomic mass is 10.0. The van der Waals surface area contributed by atoms with Crippen molar-refractivity contribution in [3.63, 3.8) is 0 Å². The average Bonchev–Trinajstić information content (AvgIpc) is 3.20. The summed E-state index contributed by atoms with van der Waals surface area (Å²) >= 11 is 0. The van der Waals surface area contributed by atoms with E-state index in [9.17, 15) is 14.3 Å². The van der Waals surface area contributed by atoms with Crippen LogP contribution in [-0.4, -0.2) is 33.8 Å². The highest BCUT2D eigenvalue weighted by Crippen LogP contribution is 2.37. The Bertz CT molecular complexity index is 790. The molecule has 0 aliphatic heterocycles. The van der Waals surface area contributed by atoms with Crippen molar-refractivity contribution in [3.05, 3.63) is 53.4 Å². The smallest absolute Gasteiger partial charge is 0.229 e. The predicted octanol–water partition coefficient (Wildman–Crippen LogP) is 2.59. The van der Waals surface area contributed by atoms with Gasteiger partial charge in [-0.15, -0.1) is 0 Å². The molecule has 0 saturated heterocycles.